The van der Waals surface area contributed by atoms with Crippen molar-refractivity contribution < 1.29 is 9.90 Å². The Morgan fingerprint density at radius 2 is 2.39 bits per heavy atom. The van der Waals surface area contributed by atoms with Gasteiger partial charge in [0.2, 0.25) is 0 Å². The second kappa shape index (κ2) is 6.09. The molecule has 0 saturated heterocycles. The maximum atomic E-state index is 12.4. The lowest BCUT2D eigenvalue weighted by molar-refractivity contribution is 0.0527. The van der Waals surface area contributed by atoms with E-state index in [0.717, 1.165) is 17.7 Å². The summed E-state index contributed by atoms with van der Waals surface area (Å²) in [6.45, 7) is 4.10. The normalized spacial score (nSPS) is 19.9. The second-order valence-corrected chi connectivity index (χ2v) is 7.90. The molecule has 6 heteroatoms. The third-order valence-electron chi connectivity index (χ3n) is 4.47. The number of hydrogen-bond donors (Lipinski definition) is 2. The zero-order valence-corrected chi connectivity index (χ0v) is 14.6. The first-order valence-electron chi connectivity index (χ1n) is 7.96. The number of aromatic nitrogens is 2. The van der Waals surface area contributed by atoms with Gasteiger partial charge in [-0.05, 0) is 43.7 Å². The van der Waals surface area contributed by atoms with Crippen molar-refractivity contribution in [3.8, 4) is 0 Å². The third kappa shape index (κ3) is 3.48. The number of rotatable bonds is 4. The number of aryl methyl sites for hydroxylation is 2. The van der Waals surface area contributed by atoms with E-state index in [1.807, 2.05) is 6.07 Å². The van der Waals surface area contributed by atoms with Crippen LogP contribution in [0.3, 0.4) is 0 Å². The summed E-state index contributed by atoms with van der Waals surface area (Å²) < 4.78 is 1.64. The van der Waals surface area contributed by atoms with Crippen molar-refractivity contribution >= 4 is 17.2 Å². The number of carbonyl (C=O) groups excluding carboxylic acids is 1. The van der Waals surface area contributed by atoms with Gasteiger partial charge in [-0.25, -0.2) is 0 Å². The van der Waals surface area contributed by atoms with Crippen LogP contribution in [0.2, 0.25) is 0 Å². The monoisotopic (exact) mass is 333 g/mol. The fraction of sp³-hybridized carbons (Fsp3) is 0.529. The summed E-state index contributed by atoms with van der Waals surface area (Å²) in [7, 11) is 1.80. The molecule has 2 unspecified atom stereocenters. The van der Waals surface area contributed by atoms with Gasteiger partial charge in [0.05, 0.1) is 17.6 Å². The molecule has 2 aromatic rings. The predicted octanol–water partition coefficient (Wildman–Crippen LogP) is 2.24. The van der Waals surface area contributed by atoms with Gasteiger partial charge in [0.25, 0.3) is 5.91 Å². The largest absolute Gasteiger partial charge is 0.383 e. The van der Waals surface area contributed by atoms with Crippen molar-refractivity contribution in [2.24, 2.45) is 13.0 Å². The molecule has 2 atom stereocenters. The van der Waals surface area contributed by atoms with Crippen molar-refractivity contribution in [1.29, 1.82) is 0 Å². The molecule has 0 saturated carbocycles. The van der Waals surface area contributed by atoms with Gasteiger partial charge in [-0.1, -0.05) is 6.92 Å². The molecular weight excluding hydrogens is 310 g/mol. The fourth-order valence-corrected chi connectivity index (χ4v) is 4.08. The number of thiophene rings is 1. The minimum atomic E-state index is -1.13. The first-order valence-corrected chi connectivity index (χ1v) is 8.78. The van der Waals surface area contributed by atoms with Crippen LogP contribution in [0.1, 0.15) is 45.9 Å². The maximum absolute atomic E-state index is 12.4. The Bertz CT molecular complexity index is 717. The lowest BCUT2D eigenvalue weighted by atomic mass is 9.90. The van der Waals surface area contributed by atoms with Crippen molar-refractivity contribution in [3.05, 3.63) is 39.3 Å². The lowest BCUT2D eigenvalue weighted by Crippen LogP contribution is -2.38. The molecule has 0 aromatic carbocycles. The van der Waals surface area contributed by atoms with E-state index in [2.05, 4.69) is 17.3 Å². The first-order chi connectivity index (χ1) is 10.8. The Kier molecular flexibility index (Phi) is 4.29. The molecule has 124 valence electrons. The second-order valence-electron chi connectivity index (χ2n) is 6.77. The average molecular weight is 333 g/mol. The van der Waals surface area contributed by atoms with Gasteiger partial charge < -0.3 is 10.4 Å². The van der Waals surface area contributed by atoms with Gasteiger partial charge in [0, 0.05) is 23.7 Å². The number of nitrogens with one attached hydrogen (secondary N) is 1. The summed E-state index contributed by atoms with van der Waals surface area (Å²) >= 11 is 1.59. The van der Waals surface area contributed by atoms with E-state index < -0.39 is 5.60 Å². The lowest BCUT2D eigenvalue weighted by Gasteiger charge is -2.22. The molecule has 23 heavy (non-hydrogen) atoms. The number of fused-ring (bicyclic) bond motifs is 1. The Morgan fingerprint density at radius 1 is 1.61 bits per heavy atom. The van der Waals surface area contributed by atoms with Crippen molar-refractivity contribution in [2.75, 3.05) is 6.54 Å². The van der Waals surface area contributed by atoms with Crippen LogP contribution in [0, 0.1) is 5.92 Å². The topological polar surface area (TPSA) is 67.2 Å². The van der Waals surface area contributed by atoms with E-state index in [-0.39, 0.29) is 12.5 Å². The molecule has 1 amide bonds. The van der Waals surface area contributed by atoms with Crippen LogP contribution in [0.15, 0.2) is 18.5 Å². The minimum Gasteiger partial charge on any atom is -0.383 e. The summed E-state index contributed by atoms with van der Waals surface area (Å²) in [5.74, 6) is 0.584. The van der Waals surface area contributed by atoms with E-state index in [1.165, 1.54) is 16.9 Å². The number of amides is 1. The number of aliphatic hydroxyl groups is 1. The molecule has 3 rings (SSSR count). The SMILES string of the molecule is CC1CCc2sc(C(=O)NCC(C)(O)c3cnn(C)c3)cc2C1. The first kappa shape index (κ1) is 16.2. The fourth-order valence-electron chi connectivity index (χ4n) is 2.96. The van der Waals surface area contributed by atoms with Crippen LogP contribution >= 0.6 is 11.3 Å². The highest BCUT2D eigenvalue weighted by Gasteiger charge is 2.26. The molecule has 0 bridgehead atoms. The number of carbonyl (C=O) groups is 1. The van der Waals surface area contributed by atoms with Gasteiger partial charge in [0.15, 0.2) is 0 Å². The van der Waals surface area contributed by atoms with Crippen molar-refractivity contribution in [1.82, 2.24) is 15.1 Å². The summed E-state index contributed by atoms with van der Waals surface area (Å²) in [6, 6.07) is 2.02. The van der Waals surface area contributed by atoms with Gasteiger partial charge in [-0.2, -0.15) is 5.10 Å². The quantitative estimate of drug-likeness (QED) is 0.902. The smallest absolute Gasteiger partial charge is 0.261 e. The Balaban J connectivity index is 1.65. The summed E-state index contributed by atoms with van der Waals surface area (Å²) in [6.07, 6.45) is 6.72. The highest BCUT2D eigenvalue weighted by Crippen LogP contribution is 2.32. The third-order valence-corrected chi connectivity index (χ3v) is 5.71. The summed E-state index contributed by atoms with van der Waals surface area (Å²) in [5.41, 5.74) is 0.882. The standard InChI is InChI=1S/C17H23N3O2S/c1-11-4-5-14-12(6-11)7-15(23-14)16(21)18-10-17(2,22)13-8-19-20(3)9-13/h7-9,11,22H,4-6,10H2,1-3H3,(H,18,21). The maximum Gasteiger partial charge on any atom is 0.261 e. The molecule has 2 N–H and O–H groups in total. The van der Waals surface area contributed by atoms with Gasteiger partial charge in [0.1, 0.15) is 5.60 Å². The van der Waals surface area contributed by atoms with Crippen LogP contribution in [0.5, 0.6) is 0 Å². The van der Waals surface area contributed by atoms with Crippen LogP contribution in [0.25, 0.3) is 0 Å². The number of hydrogen-bond acceptors (Lipinski definition) is 4. The predicted molar refractivity (Wildman–Crippen MR) is 90.6 cm³/mol. The zero-order chi connectivity index (χ0) is 16.6. The Hall–Kier alpha value is -1.66. The highest BCUT2D eigenvalue weighted by molar-refractivity contribution is 7.14. The van der Waals surface area contributed by atoms with Crippen LogP contribution < -0.4 is 5.32 Å². The van der Waals surface area contributed by atoms with Gasteiger partial charge >= 0.3 is 0 Å². The zero-order valence-electron chi connectivity index (χ0n) is 13.8. The molecule has 1 aliphatic rings. The van der Waals surface area contributed by atoms with E-state index in [9.17, 15) is 9.90 Å². The molecule has 2 heterocycles. The highest BCUT2D eigenvalue weighted by atomic mass is 32.1. The Morgan fingerprint density at radius 3 is 3.09 bits per heavy atom. The molecule has 5 nitrogen and oxygen atoms in total. The van der Waals surface area contributed by atoms with Gasteiger partial charge in [-0.3, -0.25) is 9.48 Å². The average Bonchev–Trinajstić information content (AvgIpc) is 3.11. The van der Waals surface area contributed by atoms with Crippen LogP contribution in [0.4, 0.5) is 0 Å². The molecule has 0 radical (unpaired) electrons. The van der Waals surface area contributed by atoms with E-state index >= 15 is 0 Å². The molecule has 0 aliphatic heterocycles. The summed E-state index contributed by atoms with van der Waals surface area (Å²) in [5, 5.41) is 17.4. The van der Waals surface area contributed by atoms with Gasteiger partial charge in [-0.15, -0.1) is 11.3 Å². The van der Waals surface area contributed by atoms with Crippen LogP contribution in [-0.4, -0.2) is 27.3 Å². The molecule has 0 fully saturated rings. The van der Waals surface area contributed by atoms with E-state index in [1.54, 1.807) is 42.4 Å². The van der Waals surface area contributed by atoms with Crippen molar-refractivity contribution in [2.45, 2.75) is 38.7 Å². The number of nitrogens with zero attached hydrogens (tertiary/aromatic N) is 2. The molecule has 0 spiro atoms. The molecule has 1 aliphatic carbocycles. The van der Waals surface area contributed by atoms with Crippen molar-refractivity contribution in [3.63, 3.8) is 0 Å². The van der Waals surface area contributed by atoms with E-state index in [4.69, 9.17) is 0 Å². The molecular formula is C17H23N3O2S. The minimum absolute atomic E-state index is 0.110. The van der Waals surface area contributed by atoms with Crippen LogP contribution in [-0.2, 0) is 25.5 Å². The Labute approximate surface area is 140 Å². The summed E-state index contributed by atoms with van der Waals surface area (Å²) in [4.78, 5) is 14.5. The van der Waals surface area contributed by atoms with E-state index in [0.29, 0.717) is 11.5 Å². The molecule has 2 aromatic heterocycles.